The molecule has 1 atom stereocenters. The molecule has 0 aromatic heterocycles. The van der Waals surface area contributed by atoms with Crippen LogP contribution >= 0.6 is 0 Å². The van der Waals surface area contributed by atoms with E-state index in [4.69, 9.17) is 10.5 Å². The highest BCUT2D eigenvalue weighted by Gasteiger charge is 2.36. The van der Waals surface area contributed by atoms with Crippen molar-refractivity contribution in [3.8, 4) is 5.75 Å². The van der Waals surface area contributed by atoms with E-state index in [0.29, 0.717) is 25.1 Å². The van der Waals surface area contributed by atoms with Crippen LogP contribution in [0.5, 0.6) is 5.75 Å². The van der Waals surface area contributed by atoms with E-state index in [-0.39, 0.29) is 17.2 Å². The van der Waals surface area contributed by atoms with Gasteiger partial charge in [-0.25, -0.2) is 8.42 Å². The van der Waals surface area contributed by atoms with Crippen LogP contribution < -0.4 is 10.5 Å². The molecular weight excluding hydrogens is 280 g/mol. The molecule has 0 radical (unpaired) electrons. The van der Waals surface area contributed by atoms with Gasteiger partial charge in [-0.05, 0) is 31.9 Å². The topological polar surface area (TPSA) is 92.9 Å². The van der Waals surface area contributed by atoms with Gasteiger partial charge in [-0.2, -0.15) is 4.31 Å². The van der Waals surface area contributed by atoms with Gasteiger partial charge in [0.05, 0.1) is 12.7 Å². The number of benzene rings is 1. The summed E-state index contributed by atoms with van der Waals surface area (Å²) in [5.74, 6) is 0.218. The number of sulfonamides is 1. The van der Waals surface area contributed by atoms with Crippen LogP contribution in [0.1, 0.15) is 19.8 Å². The zero-order chi connectivity index (χ0) is 15.0. The first-order valence-electron chi connectivity index (χ1n) is 6.42. The summed E-state index contributed by atoms with van der Waals surface area (Å²) in [4.78, 5) is 0.0758. The minimum Gasteiger partial charge on any atom is -0.495 e. The fourth-order valence-corrected chi connectivity index (χ4v) is 4.15. The molecule has 0 aliphatic carbocycles. The molecule has 1 unspecified atom stereocenters. The van der Waals surface area contributed by atoms with Gasteiger partial charge in [0.15, 0.2) is 0 Å². The second-order valence-electron chi connectivity index (χ2n) is 5.35. The molecule has 1 saturated heterocycles. The Bertz CT molecular complexity index is 598. The molecule has 7 heteroatoms. The molecule has 2 rings (SSSR count). The van der Waals surface area contributed by atoms with Crippen LogP contribution in [0.4, 0.5) is 5.69 Å². The number of nitrogens with two attached hydrogens (primary N) is 1. The molecule has 0 spiro atoms. The van der Waals surface area contributed by atoms with E-state index < -0.39 is 15.6 Å². The number of anilines is 1. The number of hydrogen-bond acceptors (Lipinski definition) is 5. The van der Waals surface area contributed by atoms with Gasteiger partial charge in [-0.15, -0.1) is 0 Å². The third-order valence-electron chi connectivity index (χ3n) is 3.45. The molecule has 1 fully saturated rings. The number of hydrogen-bond donors (Lipinski definition) is 2. The van der Waals surface area contributed by atoms with Gasteiger partial charge in [0, 0.05) is 24.8 Å². The lowest BCUT2D eigenvalue weighted by Crippen LogP contribution is -2.48. The predicted octanol–water partition coefficient (Wildman–Crippen LogP) is 0.813. The van der Waals surface area contributed by atoms with E-state index >= 15 is 0 Å². The normalized spacial score (nSPS) is 24.6. The fraction of sp³-hybridized carbons (Fsp3) is 0.538. The molecule has 1 heterocycles. The van der Waals surface area contributed by atoms with Crippen molar-refractivity contribution in [2.45, 2.75) is 30.3 Å². The Labute approximate surface area is 119 Å². The number of nitrogen functional groups attached to an aromatic ring is 1. The minimum absolute atomic E-state index is 0.0758. The Hall–Kier alpha value is -1.31. The molecule has 0 saturated carbocycles. The van der Waals surface area contributed by atoms with E-state index in [2.05, 4.69) is 0 Å². The molecule has 1 aromatic rings. The van der Waals surface area contributed by atoms with Crippen molar-refractivity contribution in [2.24, 2.45) is 0 Å². The maximum absolute atomic E-state index is 12.7. The summed E-state index contributed by atoms with van der Waals surface area (Å²) in [6.07, 6.45) is 1.22. The van der Waals surface area contributed by atoms with E-state index in [1.54, 1.807) is 6.92 Å². The van der Waals surface area contributed by atoms with Crippen LogP contribution in [-0.4, -0.2) is 43.6 Å². The zero-order valence-corrected chi connectivity index (χ0v) is 12.5. The molecule has 1 aliphatic heterocycles. The fourth-order valence-electron chi connectivity index (χ4n) is 2.42. The van der Waals surface area contributed by atoms with Gasteiger partial charge >= 0.3 is 0 Å². The molecular formula is C13H20N2O4S. The number of β-amino-alcohol motifs (C(OH)–C–C–N with tert-alkyl or cyclic N) is 1. The van der Waals surface area contributed by atoms with E-state index in [0.717, 1.165) is 0 Å². The van der Waals surface area contributed by atoms with Gasteiger partial charge in [0.1, 0.15) is 10.6 Å². The highest BCUT2D eigenvalue weighted by Crippen LogP contribution is 2.31. The Balaban J connectivity index is 2.40. The summed E-state index contributed by atoms with van der Waals surface area (Å²) in [5.41, 5.74) is 5.08. The summed E-state index contributed by atoms with van der Waals surface area (Å²) < 4.78 is 31.7. The minimum atomic E-state index is -3.70. The maximum Gasteiger partial charge on any atom is 0.246 e. The molecule has 20 heavy (non-hydrogen) atoms. The van der Waals surface area contributed by atoms with Gasteiger partial charge in [0.2, 0.25) is 10.0 Å². The molecule has 1 aromatic carbocycles. The largest absolute Gasteiger partial charge is 0.495 e. The molecule has 3 N–H and O–H groups in total. The monoisotopic (exact) mass is 300 g/mol. The first-order valence-corrected chi connectivity index (χ1v) is 7.86. The van der Waals surface area contributed by atoms with Crippen LogP contribution in [0.25, 0.3) is 0 Å². The summed E-state index contributed by atoms with van der Waals surface area (Å²) in [7, 11) is -2.30. The van der Waals surface area contributed by atoms with Crippen molar-refractivity contribution >= 4 is 15.7 Å². The van der Waals surface area contributed by atoms with Crippen LogP contribution in [-0.2, 0) is 10.0 Å². The summed E-state index contributed by atoms with van der Waals surface area (Å²) >= 11 is 0. The first-order chi connectivity index (χ1) is 9.26. The number of nitrogens with zero attached hydrogens (tertiary/aromatic N) is 1. The van der Waals surface area contributed by atoms with E-state index in [1.165, 1.54) is 29.6 Å². The maximum atomic E-state index is 12.7. The van der Waals surface area contributed by atoms with E-state index in [9.17, 15) is 13.5 Å². The highest BCUT2D eigenvalue weighted by molar-refractivity contribution is 7.89. The van der Waals surface area contributed by atoms with Crippen LogP contribution in [0.15, 0.2) is 23.1 Å². The van der Waals surface area contributed by atoms with Gasteiger partial charge in [-0.3, -0.25) is 0 Å². The molecule has 6 nitrogen and oxygen atoms in total. The molecule has 1 aliphatic rings. The smallest absolute Gasteiger partial charge is 0.246 e. The average Bonchev–Trinajstić information content (AvgIpc) is 2.37. The summed E-state index contributed by atoms with van der Waals surface area (Å²) in [6, 6.07) is 4.44. The lowest BCUT2D eigenvalue weighted by atomic mass is 9.97. The Morgan fingerprint density at radius 3 is 2.75 bits per heavy atom. The Morgan fingerprint density at radius 2 is 2.15 bits per heavy atom. The molecule has 0 amide bonds. The van der Waals surface area contributed by atoms with Crippen molar-refractivity contribution in [1.82, 2.24) is 4.31 Å². The lowest BCUT2D eigenvalue weighted by molar-refractivity contribution is 0.00936. The average molecular weight is 300 g/mol. The number of ether oxygens (including phenoxy) is 1. The van der Waals surface area contributed by atoms with Crippen LogP contribution in [0.3, 0.4) is 0 Å². The second-order valence-corrected chi connectivity index (χ2v) is 7.26. The van der Waals surface area contributed by atoms with Crippen LogP contribution in [0.2, 0.25) is 0 Å². The number of piperidine rings is 1. The van der Waals surface area contributed by atoms with E-state index in [1.807, 2.05) is 0 Å². The lowest BCUT2D eigenvalue weighted by Gasteiger charge is -2.36. The SMILES string of the molecule is COc1cc(N)ccc1S(=O)(=O)N1CCCC(C)(O)C1. The predicted molar refractivity (Wildman–Crippen MR) is 76.0 cm³/mol. The van der Waals surface area contributed by atoms with Crippen molar-refractivity contribution < 1.29 is 18.3 Å². The molecule has 0 bridgehead atoms. The third-order valence-corrected chi connectivity index (χ3v) is 5.33. The van der Waals surface area contributed by atoms with Gasteiger partial charge in [0.25, 0.3) is 0 Å². The van der Waals surface area contributed by atoms with Crippen LogP contribution in [0, 0.1) is 0 Å². The van der Waals surface area contributed by atoms with Crippen molar-refractivity contribution in [1.29, 1.82) is 0 Å². The van der Waals surface area contributed by atoms with Crippen molar-refractivity contribution in [2.75, 3.05) is 25.9 Å². The Kier molecular flexibility index (Phi) is 3.95. The quantitative estimate of drug-likeness (QED) is 0.806. The number of aliphatic hydroxyl groups is 1. The summed E-state index contributed by atoms with van der Waals surface area (Å²) in [6.45, 7) is 2.13. The number of methoxy groups -OCH3 is 1. The standard InChI is InChI=1S/C13H20N2O4S/c1-13(16)6-3-7-15(9-13)20(17,18)12-5-4-10(14)8-11(12)19-2/h4-5,8,16H,3,6-7,9,14H2,1-2H3. The van der Waals surface area contributed by atoms with Gasteiger partial charge in [-0.1, -0.05) is 0 Å². The summed E-state index contributed by atoms with van der Waals surface area (Å²) in [5, 5.41) is 10.1. The van der Waals surface area contributed by atoms with Crippen molar-refractivity contribution in [3.63, 3.8) is 0 Å². The zero-order valence-electron chi connectivity index (χ0n) is 11.7. The van der Waals surface area contributed by atoms with Gasteiger partial charge < -0.3 is 15.6 Å². The third kappa shape index (κ3) is 2.89. The first kappa shape index (κ1) is 15.1. The van der Waals surface area contributed by atoms with Crippen molar-refractivity contribution in [3.05, 3.63) is 18.2 Å². The molecule has 112 valence electrons. The second kappa shape index (κ2) is 5.23. The Morgan fingerprint density at radius 1 is 1.45 bits per heavy atom. The number of rotatable bonds is 3. The highest BCUT2D eigenvalue weighted by atomic mass is 32.2.